The van der Waals surface area contributed by atoms with Gasteiger partial charge in [0.1, 0.15) is 6.34 Å². The summed E-state index contributed by atoms with van der Waals surface area (Å²) >= 11 is 0. The average Bonchev–Trinajstić information content (AvgIpc) is 2.17. The summed E-state index contributed by atoms with van der Waals surface area (Å²) in [5.41, 5.74) is 0. The number of hydrogen-bond donors (Lipinski definition) is 0. The molecule has 0 fully saturated rings. The molecule has 0 aromatic rings. The normalized spacial score (nSPS) is 34.2. The number of methoxy groups -OCH3 is 1. The molecule has 4 nitrogen and oxygen atoms in total. The van der Waals surface area contributed by atoms with E-state index in [2.05, 4.69) is 15.2 Å². The van der Waals surface area contributed by atoms with Crippen LogP contribution in [0.2, 0.25) is 0 Å². The zero-order chi connectivity index (χ0) is 6.04. The van der Waals surface area contributed by atoms with E-state index in [1.807, 2.05) is 0 Å². The maximum atomic E-state index is 4.84. The van der Waals surface area contributed by atoms with Gasteiger partial charge in [0.15, 0.2) is 0 Å². The Hall–Kier alpha value is -0.770. The lowest BCUT2D eigenvalue weighted by molar-refractivity contribution is 0.0216. The second-order valence-corrected chi connectivity index (χ2v) is 1.60. The number of azo groups is 1. The number of ether oxygens (including phenoxy) is 1. The summed E-state index contributed by atoms with van der Waals surface area (Å²) in [5.74, 6) is -0.736. The summed E-state index contributed by atoms with van der Waals surface area (Å²) in [7, 11) is 1.54. The molecule has 1 heterocycles. The quantitative estimate of drug-likeness (QED) is 0.496. The minimum absolute atomic E-state index is 0.736. The van der Waals surface area contributed by atoms with Crippen LogP contribution in [0.15, 0.2) is 15.2 Å². The van der Waals surface area contributed by atoms with Gasteiger partial charge in [-0.2, -0.15) is 0 Å². The molecule has 8 heavy (non-hydrogen) atoms. The van der Waals surface area contributed by atoms with Gasteiger partial charge in [0.25, 0.3) is 5.85 Å². The molecule has 1 rings (SSSR count). The first-order chi connectivity index (χ1) is 3.77. The van der Waals surface area contributed by atoms with E-state index in [1.54, 1.807) is 14.0 Å². The highest BCUT2D eigenvalue weighted by Gasteiger charge is 2.22. The van der Waals surface area contributed by atoms with Crippen LogP contribution in [0.4, 0.5) is 0 Å². The van der Waals surface area contributed by atoms with E-state index in [0.29, 0.717) is 0 Å². The molecule has 0 amide bonds. The zero-order valence-electron chi connectivity index (χ0n) is 4.83. The highest BCUT2D eigenvalue weighted by molar-refractivity contribution is 5.56. The maximum Gasteiger partial charge on any atom is 0.273 e. The van der Waals surface area contributed by atoms with Crippen molar-refractivity contribution in [3.63, 3.8) is 0 Å². The second kappa shape index (κ2) is 1.63. The van der Waals surface area contributed by atoms with Gasteiger partial charge in [0.2, 0.25) is 0 Å². The smallest absolute Gasteiger partial charge is 0.273 e. The number of nitrogens with zero attached hydrogens (tertiary/aromatic N) is 3. The molecular weight excluding hydrogens is 106 g/mol. The molecule has 44 valence electrons. The topological polar surface area (TPSA) is 46.3 Å². The van der Waals surface area contributed by atoms with E-state index in [4.69, 9.17) is 4.74 Å². The Morgan fingerprint density at radius 2 is 2.38 bits per heavy atom. The van der Waals surface area contributed by atoms with Crippen molar-refractivity contribution in [2.75, 3.05) is 7.11 Å². The fourth-order valence-corrected chi connectivity index (χ4v) is 0.385. The van der Waals surface area contributed by atoms with Gasteiger partial charge in [0.05, 0.1) is 0 Å². The van der Waals surface area contributed by atoms with Gasteiger partial charge >= 0.3 is 0 Å². The summed E-state index contributed by atoms with van der Waals surface area (Å²) in [6.45, 7) is 1.74. The first-order valence-corrected chi connectivity index (χ1v) is 2.28. The third-order valence-corrected chi connectivity index (χ3v) is 0.979. The van der Waals surface area contributed by atoms with Crippen LogP contribution in [-0.2, 0) is 4.74 Å². The van der Waals surface area contributed by atoms with Crippen LogP contribution in [0.25, 0.3) is 0 Å². The molecule has 0 radical (unpaired) electrons. The van der Waals surface area contributed by atoms with Crippen LogP contribution in [-0.4, -0.2) is 19.3 Å². The molecule has 0 N–H and O–H groups in total. The maximum absolute atomic E-state index is 4.84. The Labute approximate surface area is 47.3 Å². The molecule has 1 aliphatic heterocycles. The standard InChI is InChI=1S/C4H7N3O/c1-4(8-2)5-3-6-7-4/h3H,1-2H3. The Morgan fingerprint density at radius 1 is 1.62 bits per heavy atom. The van der Waals surface area contributed by atoms with E-state index in [0.717, 1.165) is 0 Å². The Balaban J connectivity index is 2.69. The van der Waals surface area contributed by atoms with Crippen molar-refractivity contribution in [1.82, 2.24) is 0 Å². The second-order valence-electron chi connectivity index (χ2n) is 1.60. The SMILES string of the molecule is COC1(C)N=CN=N1. The Morgan fingerprint density at radius 3 is 2.62 bits per heavy atom. The minimum atomic E-state index is -0.736. The third kappa shape index (κ3) is 0.742. The number of rotatable bonds is 1. The van der Waals surface area contributed by atoms with E-state index in [9.17, 15) is 0 Å². The predicted molar refractivity (Wildman–Crippen MR) is 28.8 cm³/mol. The summed E-state index contributed by atoms with van der Waals surface area (Å²) in [4.78, 5) is 3.81. The molecule has 0 aliphatic carbocycles. The van der Waals surface area contributed by atoms with Gasteiger partial charge in [-0.3, -0.25) is 0 Å². The van der Waals surface area contributed by atoms with Crippen molar-refractivity contribution in [2.45, 2.75) is 12.8 Å². The van der Waals surface area contributed by atoms with Crippen molar-refractivity contribution >= 4 is 6.34 Å². The van der Waals surface area contributed by atoms with Crippen LogP contribution in [0.1, 0.15) is 6.92 Å². The van der Waals surface area contributed by atoms with Crippen LogP contribution in [0.5, 0.6) is 0 Å². The van der Waals surface area contributed by atoms with E-state index in [-0.39, 0.29) is 0 Å². The Bertz CT molecular complexity index is 128. The van der Waals surface area contributed by atoms with Crippen molar-refractivity contribution in [2.24, 2.45) is 15.2 Å². The monoisotopic (exact) mass is 113 g/mol. The van der Waals surface area contributed by atoms with Crippen molar-refractivity contribution in [3.05, 3.63) is 0 Å². The lowest BCUT2D eigenvalue weighted by Crippen LogP contribution is -2.17. The largest absolute Gasteiger partial charge is 0.338 e. The van der Waals surface area contributed by atoms with Crippen molar-refractivity contribution < 1.29 is 4.74 Å². The highest BCUT2D eigenvalue weighted by atomic mass is 16.5. The van der Waals surface area contributed by atoms with Crippen LogP contribution in [0, 0.1) is 0 Å². The minimum Gasteiger partial charge on any atom is -0.338 e. The molecule has 1 aliphatic rings. The zero-order valence-corrected chi connectivity index (χ0v) is 4.83. The van der Waals surface area contributed by atoms with Gasteiger partial charge in [-0.05, 0) is 0 Å². The van der Waals surface area contributed by atoms with E-state index in [1.165, 1.54) is 6.34 Å². The molecule has 4 heteroatoms. The first kappa shape index (κ1) is 5.37. The van der Waals surface area contributed by atoms with Gasteiger partial charge < -0.3 is 4.74 Å². The van der Waals surface area contributed by atoms with Crippen molar-refractivity contribution in [3.8, 4) is 0 Å². The van der Waals surface area contributed by atoms with Gasteiger partial charge in [0, 0.05) is 14.0 Å². The molecule has 0 bridgehead atoms. The number of aliphatic imine (C=N–C) groups is 1. The van der Waals surface area contributed by atoms with Gasteiger partial charge in [-0.1, -0.05) is 0 Å². The predicted octanol–water partition coefficient (Wildman–Crippen LogP) is 0.801. The van der Waals surface area contributed by atoms with Crippen LogP contribution < -0.4 is 0 Å². The number of hydrogen-bond acceptors (Lipinski definition) is 4. The molecule has 1 unspecified atom stereocenters. The third-order valence-electron chi connectivity index (χ3n) is 0.979. The van der Waals surface area contributed by atoms with Crippen molar-refractivity contribution in [1.29, 1.82) is 0 Å². The Kier molecular flexibility index (Phi) is 1.09. The summed E-state index contributed by atoms with van der Waals surface area (Å²) in [5, 5.41) is 7.18. The lowest BCUT2D eigenvalue weighted by atomic mass is 10.5. The fourth-order valence-electron chi connectivity index (χ4n) is 0.385. The van der Waals surface area contributed by atoms with E-state index >= 15 is 0 Å². The molecular formula is C4H7N3O. The van der Waals surface area contributed by atoms with Crippen LogP contribution in [0.3, 0.4) is 0 Å². The highest BCUT2D eigenvalue weighted by Crippen LogP contribution is 2.15. The molecule has 0 aromatic carbocycles. The molecule has 0 saturated carbocycles. The van der Waals surface area contributed by atoms with E-state index < -0.39 is 5.85 Å². The summed E-state index contributed by atoms with van der Waals surface area (Å²) < 4.78 is 4.84. The average molecular weight is 113 g/mol. The summed E-state index contributed by atoms with van der Waals surface area (Å²) in [6.07, 6.45) is 1.38. The van der Waals surface area contributed by atoms with Crippen LogP contribution >= 0.6 is 0 Å². The lowest BCUT2D eigenvalue weighted by Gasteiger charge is -2.10. The molecule has 0 saturated heterocycles. The molecule has 0 aromatic heterocycles. The molecule has 0 spiro atoms. The first-order valence-electron chi connectivity index (χ1n) is 2.28. The molecule has 1 atom stereocenters. The van der Waals surface area contributed by atoms with Gasteiger partial charge in [-0.25, -0.2) is 4.99 Å². The fraction of sp³-hybridized carbons (Fsp3) is 0.750. The van der Waals surface area contributed by atoms with Gasteiger partial charge in [-0.15, -0.1) is 10.2 Å². The summed E-state index contributed by atoms with van der Waals surface area (Å²) in [6, 6.07) is 0.